The molecule has 1 aromatic heterocycles. The van der Waals surface area contributed by atoms with E-state index in [1.165, 1.54) is 18.0 Å². The van der Waals surface area contributed by atoms with E-state index in [0.717, 1.165) is 15.9 Å². The lowest BCUT2D eigenvalue weighted by Crippen LogP contribution is -2.05. The number of anilines is 1. The summed E-state index contributed by atoms with van der Waals surface area (Å²) in [7, 11) is -2.91. The van der Waals surface area contributed by atoms with Crippen molar-refractivity contribution in [3.63, 3.8) is 0 Å². The van der Waals surface area contributed by atoms with Gasteiger partial charge in [0.2, 0.25) is 0 Å². The second kappa shape index (κ2) is 5.16. The summed E-state index contributed by atoms with van der Waals surface area (Å²) in [6, 6.07) is 9.37. The van der Waals surface area contributed by atoms with E-state index < -0.39 is 9.84 Å². The molecule has 4 nitrogen and oxygen atoms in total. The van der Waals surface area contributed by atoms with Crippen LogP contribution in [0.5, 0.6) is 0 Å². The number of sulfone groups is 1. The molecule has 0 unspecified atom stereocenters. The Labute approximate surface area is 111 Å². The van der Waals surface area contributed by atoms with E-state index in [1.807, 2.05) is 24.3 Å². The number of hydrogen-bond acceptors (Lipinski definition) is 5. The Morgan fingerprint density at radius 3 is 2.78 bits per heavy atom. The number of nitrogens with two attached hydrogens (primary N) is 1. The Kier molecular flexibility index (Phi) is 3.77. The lowest BCUT2D eigenvalue weighted by atomic mass is 10.2. The van der Waals surface area contributed by atoms with Crippen LogP contribution < -0.4 is 5.73 Å². The van der Waals surface area contributed by atoms with E-state index in [1.54, 1.807) is 6.07 Å². The third kappa shape index (κ3) is 3.61. The summed E-state index contributed by atoms with van der Waals surface area (Å²) < 4.78 is 22.0. The van der Waals surface area contributed by atoms with Gasteiger partial charge in [-0.1, -0.05) is 6.07 Å². The van der Waals surface area contributed by atoms with Crippen molar-refractivity contribution in [3.8, 4) is 0 Å². The van der Waals surface area contributed by atoms with Crippen molar-refractivity contribution in [2.45, 2.75) is 5.03 Å². The minimum absolute atomic E-state index is 0.166. The standard InChI is InChI=1S/C12H14N2O2S2/c1-18(15,16)7-6-17-12-5-2-9-8-10(13)3-4-11(9)14-12/h2-5,8H,6-7,13H2,1H3. The number of aromatic nitrogens is 1. The van der Waals surface area contributed by atoms with Crippen LogP contribution in [-0.4, -0.2) is 31.2 Å². The molecule has 6 heteroatoms. The molecule has 0 spiro atoms. The van der Waals surface area contributed by atoms with Gasteiger partial charge in [-0.25, -0.2) is 13.4 Å². The summed E-state index contributed by atoms with van der Waals surface area (Å²) in [6.07, 6.45) is 1.24. The van der Waals surface area contributed by atoms with Gasteiger partial charge in [0, 0.05) is 23.1 Å². The minimum atomic E-state index is -2.91. The van der Waals surface area contributed by atoms with E-state index in [9.17, 15) is 8.42 Å². The third-order valence-corrected chi connectivity index (χ3v) is 4.53. The molecule has 0 amide bonds. The van der Waals surface area contributed by atoms with Crippen LogP contribution in [0.2, 0.25) is 0 Å². The molecule has 0 aliphatic carbocycles. The number of thioether (sulfide) groups is 1. The van der Waals surface area contributed by atoms with Gasteiger partial charge in [0.25, 0.3) is 0 Å². The van der Waals surface area contributed by atoms with Gasteiger partial charge in [-0.2, -0.15) is 0 Å². The number of rotatable bonds is 4. The van der Waals surface area contributed by atoms with Crippen LogP contribution >= 0.6 is 11.8 Å². The Hall–Kier alpha value is -1.27. The quantitative estimate of drug-likeness (QED) is 0.685. The maximum atomic E-state index is 11.0. The molecule has 0 atom stereocenters. The van der Waals surface area contributed by atoms with Crippen LogP contribution in [0, 0.1) is 0 Å². The maximum Gasteiger partial charge on any atom is 0.148 e. The summed E-state index contributed by atoms with van der Waals surface area (Å²) in [5, 5.41) is 1.82. The summed E-state index contributed by atoms with van der Waals surface area (Å²) in [4.78, 5) is 4.45. The van der Waals surface area contributed by atoms with E-state index in [-0.39, 0.29) is 5.75 Å². The van der Waals surface area contributed by atoms with Crippen molar-refractivity contribution in [1.29, 1.82) is 0 Å². The molecular formula is C12H14N2O2S2. The first-order chi connectivity index (χ1) is 8.44. The molecule has 18 heavy (non-hydrogen) atoms. The number of fused-ring (bicyclic) bond motifs is 1. The van der Waals surface area contributed by atoms with Crippen molar-refractivity contribution in [2.24, 2.45) is 0 Å². The highest BCUT2D eigenvalue weighted by Crippen LogP contribution is 2.21. The third-order valence-electron chi connectivity index (χ3n) is 2.39. The van der Waals surface area contributed by atoms with Gasteiger partial charge in [-0.3, -0.25) is 0 Å². The van der Waals surface area contributed by atoms with Gasteiger partial charge in [-0.15, -0.1) is 11.8 Å². The second-order valence-corrected chi connectivity index (χ2v) is 7.45. The van der Waals surface area contributed by atoms with E-state index in [0.29, 0.717) is 11.4 Å². The highest BCUT2D eigenvalue weighted by molar-refractivity contribution is 8.00. The van der Waals surface area contributed by atoms with Crippen molar-refractivity contribution < 1.29 is 8.42 Å². The van der Waals surface area contributed by atoms with Crippen LogP contribution in [0.3, 0.4) is 0 Å². The normalized spacial score (nSPS) is 11.8. The van der Waals surface area contributed by atoms with Gasteiger partial charge >= 0.3 is 0 Å². The van der Waals surface area contributed by atoms with E-state index in [2.05, 4.69) is 4.98 Å². The van der Waals surface area contributed by atoms with Gasteiger partial charge in [0.05, 0.1) is 16.3 Å². The number of nitrogen functional groups attached to an aromatic ring is 1. The molecule has 0 bridgehead atoms. The molecule has 96 valence electrons. The fourth-order valence-corrected chi connectivity index (χ4v) is 3.58. The topological polar surface area (TPSA) is 73.0 Å². The molecule has 2 N–H and O–H groups in total. The van der Waals surface area contributed by atoms with Crippen LogP contribution in [-0.2, 0) is 9.84 Å². The molecule has 1 aromatic carbocycles. The van der Waals surface area contributed by atoms with Gasteiger partial charge in [0.15, 0.2) is 0 Å². The molecule has 1 heterocycles. The zero-order chi connectivity index (χ0) is 13.2. The second-order valence-electron chi connectivity index (χ2n) is 4.08. The van der Waals surface area contributed by atoms with Crippen molar-refractivity contribution in [2.75, 3.05) is 23.5 Å². The molecule has 2 rings (SSSR count). The summed E-state index contributed by atoms with van der Waals surface area (Å²) >= 11 is 1.44. The van der Waals surface area contributed by atoms with Crippen LogP contribution in [0.4, 0.5) is 5.69 Å². The molecule has 0 aliphatic rings. The average Bonchev–Trinajstić information content (AvgIpc) is 2.27. The van der Waals surface area contributed by atoms with Crippen LogP contribution in [0.25, 0.3) is 10.9 Å². The fraction of sp³-hybridized carbons (Fsp3) is 0.250. The zero-order valence-electron chi connectivity index (χ0n) is 9.96. The van der Waals surface area contributed by atoms with Crippen molar-refractivity contribution in [1.82, 2.24) is 4.98 Å². The fourth-order valence-electron chi connectivity index (χ4n) is 1.50. The SMILES string of the molecule is CS(=O)(=O)CCSc1ccc2cc(N)ccc2n1. The van der Waals surface area contributed by atoms with Crippen LogP contribution in [0.1, 0.15) is 0 Å². The summed E-state index contributed by atoms with van der Waals surface area (Å²) in [5.74, 6) is 0.686. The largest absolute Gasteiger partial charge is 0.399 e. The smallest absolute Gasteiger partial charge is 0.148 e. The molecule has 0 fully saturated rings. The van der Waals surface area contributed by atoms with Gasteiger partial charge in [0.1, 0.15) is 9.84 Å². The Bertz CT molecular complexity index is 669. The van der Waals surface area contributed by atoms with Gasteiger partial charge in [-0.05, 0) is 24.3 Å². The maximum absolute atomic E-state index is 11.0. The highest BCUT2D eigenvalue weighted by atomic mass is 32.2. The molecule has 0 aliphatic heterocycles. The first-order valence-electron chi connectivity index (χ1n) is 5.41. The number of pyridine rings is 1. The zero-order valence-corrected chi connectivity index (χ0v) is 11.6. The minimum Gasteiger partial charge on any atom is -0.399 e. The molecule has 2 aromatic rings. The lowest BCUT2D eigenvalue weighted by Gasteiger charge is -2.03. The molecule has 0 saturated heterocycles. The Morgan fingerprint density at radius 1 is 1.28 bits per heavy atom. The van der Waals surface area contributed by atoms with Gasteiger partial charge < -0.3 is 5.73 Å². The summed E-state index contributed by atoms with van der Waals surface area (Å²) in [6.45, 7) is 0. The number of benzene rings is 1. The Balaban J connectivity index is 2.13. The molecular weight excluding hydrogens is 268 g/mol. The predicted octanol–water partition coefficient (Wildman–Crippen LogP) is 1.95. The first-order valence-corrected chi connectivity index (χ1v) is 8.45. The summed E-state index contributed by atoms with van der Waals surface area (Å²) in [5.41, 5.74) is 7.27. The molecule has 0 saturated carbocycles. The van der Waals surface area contributed by atoms with Crippen molar-refractivity contribution >= 4 is 38.2 Å². The number of nitrogens with zero attached hydrogens (tertiary/aromatic N) is 1. The average molecular weight is 282 g/mol. The Morgan fingerprint density at radius 2 is 2.06 bits per heavy atom. The van der Waals surface area contributed by atoms with Crippen molar-refractivity contribution in [3.05, 3.63) is 30.3 Å². The molecule has 0 radical (unpaired) electrons. The predicted molar refractivity (Wildman–Crippen MR) is 76.6 cm³/mol. The van der Waals surface area contributed by atoms with E-state index >= 15 is 0 Å². The first kappa shape index (κ1) is 13.2. The number of hydrogen-bond donors (Lipinski definition) is 1. The monoisotopic (exact) mass is 282 g/mol. The van der Waals surface area contributed by atoms with Crippen LogP contribution in [0.15, 0.2) is 35.4 Å². The highest BCUT2D eigenvalue weighted by Gasteiger charge is 2.04. The van der Waals surface area contributed by atoms with E-state index in [4.69, 9.17) is 5.73 Å². The lowest BCUT2D eigenvalue weighted by molar-refractivity contribution is 0.603.